The summed E-state index contributed by atoms with van der Waals surface area (Å²) < 4.78 is 6.97. The number of hydrogen-bond donors (Lipinski definition) is 1. The van der Waals surface area contributed by atoms with Crippen LogP contribution < -0.4 is 5.32 Å². The average Bonchev–Trinajstić information content (AvgIpc) is 2.65. The molecule has 0 spiro atoms. The molecule has 0 bridgehead atoms. The predicted octanol–water partition coefficient (Wildman–Crippen LogP) is 3.74. The van der Waals surface area contributed by atoms with Crippen molar-refractivity contribution in [2.24, 2.45) is 17.8 Å². The van der Waals surface area contributed by atoms with E-state index in [0.29, 0.717) is 24.5 Å². The molecule has 1 saturated heterocycles. The Labute approximate surface area is 160 Å². The van der Waals surface area contributed by atoms with E-state index in [-0.39, 0.29) is 11.9 Å². The van der Waals surface area contributed by atoms with Gasteiger partial charge in [-0.15, -0.1) is 0 Å². The summed E-state index contributed by atoms with van der Waals surface area (Å²) in [4.78, 5) is 13.1. The molecule has 0 aromatic carbocycles. The van der Waals surface area contributed by atoms with Crippen molar-refractivity contribution in [1.29, 1.82) is 0 Å². The molecule has 0 aromatic heterocycles. The van der Waals surface area contributed by atoms with Crippen LogP contribution in [-0.4, -0.2) is 56.8 Å². The van der Waals surface area contributed by atoms with Gasteiger partial charge in [-0.25, -0.2) is 0 Å². The number of ether oxygens (including phenoxy) is 1. The van der Waals surface area contributed by atoms with Crippen molar-refractivity contribution >= 4 is 5.97 Å². The highest BCUT2D eigenvalue weighted by atomic mass is 16.5. The number of hydrogen-bond acceptors (Lipinski definition) is 3. The van der Waals surface area contributed by atoms with Gasteiger partial charge in [0.25, 0.3) is 0 Å². The van der Waals surface area contributed by atoms with E-state index >= 15 is 0 Å². The highest BCUT2D eigenvalue weighted by Gasteiger charge is 2.38. The van der Waals surface area contributed by atoms with Crippen molar-refractivity contribution in [3.63, 3.8) is 0 Å². The third-order valence-electron chi connectivity index (χ3n) is 7.52. The number of carbonyl (C=O) groups is 1. The lowest BCUT2D eigenvalue weighted by molar-refractivity contribution is -0.917. The second kappa shape index (κ2) is 9.54. The number of esters is 1. The maximum atomic E-state index is 13.1. The Morgan fingerprint density at radius 2 is 1.58 bits per heavy atom. The molecule has 0 radical (unpaired) electrons. The topological polar surface area (TPSA) is 38.3 Å². The molecule has 1 unspecified atom stereocenters. The van der Waals surface area contributed by atoms with Crippen LogP contribution in [0.2, 0.25) is 0 Å². The Hall–Kier alpha value is -0.610. The van der Waals surface area contributed by atoms with Crippen molar-refractivity contribution in [2.75, 3.05) is 40.3 Å². The highest BCUT2D eigenvalue weighted by Crippen LogP contribution is 2.40. The van der Waals surface area contributed by atoms with Crippen molar-refractivity contribution in [2.45, 2.75) is 76.7 Å². The first-order chi connectivity index (χ1) is 12.6. The Kier molecular flexibility index (Phi) is 7.39. The second-order valence-corrected chi connectivity index (χ2v) is 9.64. The standard InChI is InChI=1S/C22H41N2O2/c1-24(2)15-14-23-17-20(24)13-16-26-22(25)21(18-9-5-3-6-10-18)19-11-7-4-8-12-19/h18-21,23H,3-17H2,1-2H3/q+1. The fraction of sp³-hybridized carbons (Fsp3) is 0.955. The molecule has 1 aliphatic heterocycles. The number of rotatable bonds is 6. The Morgan fingerprint density at radius 1 is 1.00 bits per heavy atom. The molecule has 2 saturated carbocycles. The van der Waals surface area contributed by atoms with Crippen molar-refractivity contribution in [1.82, 2.24) is 5.32 Å². The lowest BCUT2D eigenvalue weighted by Crippen LogP contribution is -2.60. The number of likely N-dealkylation sites (N-methyl/N-ethyl adjacent to an activating group) is 1. The predicted molar refractivity (Wildman–Crippen MR) is 106 cm³/mol. The fourth-order valence-corrected chi connectivity index (χ4v) is 5.67. The van der Waals surface area contributed by atoms with Crippen LogP contribution >= 0.6 is 0 Å². The molecule has 2 aliphatic carbocycles. The SMILES string of the molecule is C[N+]1(C)CCNCC1CCOC(=O)C(C1CCCCC1)C1CCCCC1. The molecule has 0 aromatic rings. The van der Waals surface area contributed by atoms with Crippen molar-refractivity contribution < 1.29 is 14.0 Å². The van der Waals surface area contributed by atoms with Gasteiger partial charge in [-0.2, -0.15) is 0 Å². The van der Waals surface area contributed by atoms with Crippen LogP contribution in [0.1, 0.15) is 70.6 Å². The zero-order valence-corrected chi connectivity index (χ0v) is 17.2. The number of piperazine rings is 1. The van der Waals surface area contributed by atoms with E-state index in [2.05, 4.69) is 19.4 Å². The highest BCUT2D eigenvalue weighted by molar-refractivity contribution is 5.73. The third-order valence-corrected chi connectivity index (χ3v) is 7.52. The van der Waals surface area contributed by atoms with Crippen LogP contribution in [0, 0.1) is 17.8 Å². The van der Waals surface area contributed by atoms with Gasteiger partial charge in [0.15, 0.2) is 0 Å². The summed E-state index contributed by atoms with van der Waals surface area (Å²) in [5.41, 5.74) is 0. The zero-order valence-electron chi connectivity index (χ0n) is 17.2. The lowest BCUT2D eigenvalue weighted by Gasteiger charge is -2.42. The molecule has 4 nitrogen and oxygen atoms in total. The minimum atomic E-state index is 0.137. The van der Waals surface area contributed by atoms with Gasteiger partial charge in [0.05, 0.1) is 33.2 Å². The summed E-state index contributed by atoms with van der Waals surface area (Å²) in [6, 6.07) is 0.555. The Morgan fingerprint density at radius 3 is 2.12 bits per heavy atom. The molecule has 1 N–H and O–H groups in total. The van der Waals surface area contributed by atoms with Gasteiger partial charge < -0.3 is 14.5 Å². The summed E-state index contributed by atoms with van der Waals surface area (Å²) in [6.45, 7) is 3.89. The monoisotopic (exact) mass is 365 g/mol. The van der Waals surface area contributed by atoms with Gasteiger partial charge in [0.2, 0.25) is 0 Å². The summed E-state index contributed by atoms with van der Waals surface area (Å²) in [6.07, 6.45) is 13.9. The van der Waals surface area contributed by atoms with Crippen LogP contribution in [0.15, 0.2) is 0 Å². The molecule has 1 heterocycles. The lowest BCUT2D eigenvalue weighted by atomic mass is 9.69. The van der Waals surface area contributed by atoms with E-state index in [1.807, 2.05) is 0 Å². The first-order valence-electron chi connectivity index (χ1n) is 11.3. The summed E-state index contributed by atoms with van der Waals surface area (Å²) in [5, 5.41) is 3.50. The first kappa shape index (κ1) is 20.1. The first-order valence-corrected chi connectivity index (χ1v) is 11.3. The molecule has 3 rings (SSSR count). The number of quaternary nitrogens is 1. The van der Waals surface area contributed by atoms with Crippen molar-refractivity contribution in [3.8, 4) is 0 Å². The van der Waals surface area contributed by atoms with Crippen LogP contribution in [0.25, 0.3) is 0 Å². The van der Waals surface area contributed by atoms with Crippen LogP contribution in [-0.2, 0) is 9.53 Å². The zero-order chi connectivity index (χ0) is 18.4. The molecule has 3 fully saturated rings. The molecule has 3 aliphatic rings. The van der Waals surface area contributed by atoms with Gasteiger partial charge in [-0.3, -0.25) is 4.79 Å². The summed E-state index contributed by atoms with van der Waals surface area (Å²) in [5.74, 6) is 1.49. The summed E-state index contributed by atoms with van der Waals surface area (Å²) >= 11 is 0. The normalized spacial score (nSPS) is 28.2. The smallest absolute Gasteiger partial charge is 0.309 e. The number of carbonyl (C=O) groups excluding carboxylic acids is 1. The van der Waals surface area contributed by atoms with Crippen LogP contribution in [0.5, 0.6) is 0 Å². The third kappa shape index (κ3) is 5.22. The van der Waals surface area contributed by atoms with Gasteiger partial charge in [-0.05, 0) is 37.5 Å². The Balaban J connectivity index is 1.54. The molecular formula is C22H41N2O2+. The number of nitrogens with zero attached hydrogens (tertiary/aromatic N) is 1. The summed E-state index contributed by atoms with van der Waals surface area (Å²) in [7, 11) is 4.61. The Bertz CT molecular complexity index is 421. The molecule has 4 heteroatoms. The van der Waals surface area contributed by atoms with E-state index in [1.165, 1.54) is 64.2 Å². The van der Waals surface area contributed by atoms with Gasteiger partial charge >= 0.3 is 5.97 Å². The molecular weight excluding hydrogens is 324 g/mol. The molecule has 150 valence electrons. The quantitative estimate of drug-likeness (QED) is 0.575. The maximum Gasteiger partial charge on any atom is 0.309 e. The van der Waals surface area contributed by atoms with Gasteiger partial charge in [0, 0.05) is 19.5 Å². The van der Waals surface area contributed by atoms with E-state index in [1.54, 1.807) is 0 Å². The van der Waals surface area contributed by atoms with Crippen LogP contribution in [0.3, 0.4) is 0 Å². The second-order valence-electron chi connectivity index (χ2n) is 9.64. The van der Waals surface area contributed by atoms with Crippen molar-refractivity contribution in [3.05, 3.63) is 0 Å². The van der Waals surface area contributed by atoms with E-state index in [9.17, 15) is 4.79 Å². The molecule has 1 atom stereocenters. The fourth-order valence-electron chi connectivity index (χ4n) is 5.67. The van der Waals surface area contributed by atoms with Gasteiger partial charge in [-0.1, -0.05) is 38.5 Å². The minimum Gasteiger partial charge on any atom is -0.465 e. The van der Waals surface area contributed by atoms with E-state index < -0.39 is 0 Å². The minimum absolute atomic E-state index is 0.137. The van der Waals surface area contributed by atoms with E-state index in [4.69, 9.17) is 4.74 Å². The largest absolute Gasteiger partial charge is 0.465 e. The average molecular weight is 366 g/mol. The maximum absolute atomic E-state index is 13.1. The van der Waals surface area contributed by atoms with E-state index in [0.717, 1.165) is 30.5 Å². The molecule has 26 heavy (non-hydrogen) atoms. The van der Waals surface area contributed by atoms with Crippen LogP contribution in [0.4, 0.5) is 0 Å². The molecule has 0 amide bonds. The van der Waals surface area contributed by atoms with Gasteiger partial charge in [0.1, 0.15) is 6.04 Å². The number of nitrogens with one attached hydrogen (secondary N) is 1.